The van der Waals surface area contributed by atoms with E-state index < -0.39 is 0 Å². The molecule has 0 N–H and O–H groups in total. The van der Waals surface area contributed by atoms with Gasteiger partial charge in [-0.25, -0.2) is 4.39 Å². The minimum absolute atomic E-state index is 0. The maximum Gasteiger partial charge on any atom is 0.0795 e. The van der Waals surface area contributed by atoms with E-state index in [-0.39, 0.29) is 22.8 Å². The third-order valence-electron chi connectivity index (χ3n) is 0. The molecule has 0 unspecified atom stereocenters. The molecule has 0 heterocycles. The van der Waals surface area contributed by atoms with Crippen LogP contribution < -0.4 is 0 Å². The molecule has 0 radical (unpaired) electrons. The maximum atomic E-state index is 10.1. The van der Waals surface area contributed by atoms with Crippen molar-refractivity contribution in [1.82, 2.24) is 0 Å². The molecule has 0 nitrogen and oxygen atoms in total. The van der Waals surface area contributed by atoms with Crippen LogP contribution in [0.15, 0.2) is 12.9 Å². The van der Waals surface area contributed by atoms with Crippen molar-refractivity contribution in [3.63, 3.8) is 0 Å². The van der Waals surface area contributed by atoms with Gasteiger partial charge in [-0.15, -0.1) is 0 Å². The first kappa shape index (κ1) is 8.90. The Morgan fingerprint density at radius 2 is 1.75 bits per heavy atom. The summed E-state index contributed by atoms with van der Waals surface area (Å²) in [5.74, 6) is 0. The largest absolute Gasteiger partial charge is 0.216 e. The van der Waals surface area contributed by atoms with Gasteiger partial charge in [0.15, 0.2) is 0 Å². The van der Waals surface area contributed by atoms with Gasteiger partial charge in [-0.05, 0) is 0 Å². The van der Waals surface area contributed by atoms with Crippen LogP contribution in [0.2, 0.25) is 0 Å². The smallest absolute Gasteiger partial charge is 0.0795 e. The van der Waals surface area contributed by atoms with Gasteiger partial charge in [-0.3, -0.25) is 0 Å². The molecular formula is C2H3FNi. The van der Waals surface area contributed by atoms with Crippen LogP contribution in [0.3, 0.4) is 0 Å². The van der Waals surface area contributed by atoms with Gasteiger partial charge in [0.1, 0.15) is 0 Å². The fraction of sp³-hybridized carbons (Fsp3) is 0. The summed E-state index contributed by atoms with van der Waals surface area (Å²) >= 11 is 0. The fourth-order valence-electron chi connectivity index (χ4n) is 0. The summed E-state index contributed by atoms with van der Waals surface area (Å²) < 4.78 is 10.1. The Morgan fingerprint density at radius 3 is 1.75 bits per heavy atom. The van der Waals surface area contributed by atoms with Gasteiger partial charge >= 0.3 is 0 Å². The molecule has 0 bridgehead atoms. The molecule has 0 aromatic heterocycles. The van der Waals surface area contributed by atoms with E-state index in [1.54, 1.807) is 0 Å². The van der Waals surface area contributed by atoms with Crippen LogP contribution in [0.25, 0.3) is 0 Å². The van der Waals surface area contributed by atoms with Gasteiger partial charge in [-0.2, -0.15) is 0 Å². The summed E-state index contributed by atoms with van der Waals surface area (Å²) in [5, 5.41) is 0. The monoisotopic (exact) mass is 104 g/mol. The van der Waals surface area contributed by atoms with Crippen molar-refractivity contribution in [3.05, 3.63) is 12.9 Å². The van der Waals surface area contributed by atoms with Crippen LogP contribution in [0.5, 0.6) is 0 Å². The minimum Gasteiger partial charge on any atom is -0.216 e. The molecule has 0 aliphatic rings. The van der Waals surface area contributed by atoms with E-state index in [9.17, 15) is 4.39 Å². The standard InChI is InChI=1S/C2H3F.Ni/c1-2-3;/h2H,1H2;. The second-order valence-electron chi connectivity index (χ2n) is 0.154. The molecular weight excluding hydrogens is 102 g/mol. The summed E-state index contributed by atoms with van der Waals surface area (Å²) in [6.45, 7) is 2.69. The van der Waals surface area contributed by atoms with Crippen molar-refractivity contribution >= 4 is 0 Å². The molecule has 28 valence electrons. The van der Waals surface area contributed by atoms with E-state index in [1.807, 2.05) is 0 Å². The zero-order valence-corrected chi connectivity index (χ0v) is 2.97. The third-order valence-corrected chi connectivity index (χ3v) is 0. The quantitative estimate of drug-likeness (QED) is 0.404. The molecule has 0 aliphatic heterocycles. The third kappa shape index (κ3) is 110. The van der Waals surface area contributed by atoms with E-state index in [2.05, 4.69) is 6.58 Å². The summed E-state index contributed by atoms with van der Waals surface area (Å²) in [5.41, 5.74) is 0. The number of rotatable bonds is 0. The Balaban J connectivity index is 0. The van der Waals surface area contributed by atoms with Crippen LogP contribution in [0.1, 0.15) is 0 Å². The molecule has 4 heavy (non-hydrogen) atoms. The Kier molecular flexibility index (Phi) is 24.3. The summed E-state index contributed by atoms with van der Waals surface area (Å²) in [4.78, 5) is 0. The molecule has 0 saturated carbocycles. The molecule has 0 saturated heterocycles. The van der Waals surface area contributed by atoms with Gasteiger partial charge < -0.3 is 0 Å². The van der Waals surface area contributed by atoms with Gasteiger partial charge in [0.2, 0.25) is 0 Å². The Hall–Kier alpha value is 0.164. The number of hydrogen-bond acceptors (Lipinski definition) is 0. The second-order valence-corrected chi connectivity index (χ2v) is 0.154. The predicted molar refractivity (Wildman–Crippen MR) is 11.3 cm³/mol. The Labute approximate surface area is 34.6 Å². The summed E-state index contributed by atoms with van der Waals surface area (Å²) in [7, 11) is 0. The molecule has 2 heteroatoms. The first-order valence-corrected chi connectivity index (χ1v) is 0.626. The van der Waals surface area contributed by atoms with E-state index >= 15 is 0 Å². The summed E-state index contributed by atoms with van der Waals surface area (Å²) in [6.07, 6.45) is 0.250. The van der Waals surface area contributed by atoms with Crippen LogP contribution in [0, 0.1) is 0 Å². The molecule has 0 aromatic rings. The van der Waals surface area contributed by atoms with Crippen molar-refractivity contribution in [2.24, 2.45) is 0 Å². The van der Waals surface area contributed by atoms with Crippen molar-refractivity contribution in [2.75, 3.05) is 0 Å². The van der Waals surface area contributed by atoms with Crippen molar-refractivity contribution in [3.8, 4) is 0 Å². The normalized spacial score (nSPS) is 3.25. The van der Waals surface area contributed by atoms with Crippen LogP contribution in [-0.4, -0.2) is 0 Å². The van der Waals surface area contributed by atoms with Gasteiger partial charge in [-0.1, -0.05) is 6.58 Å². The molecule has 0 fully saturated rings. The molecule has 0 amide bonds. The van der Waals surface area contributed by atoms with E-state index in [0.717, 1.165) is 0 Å². The van der Waals surface area contributed by atoms with Gasteiger partial charge in [0.25, 0.3) is 0 Å². The van der Waals surface area contributed by atoms with Crippen molar-refractivity contribution < 1.29 is 20.9 Å². The van der Waals surface area contributed by atoms with Crippen molar-refractivity contribution in [2.45, 2.75) is 0 Å². The average molecular weight is 105 g/mol. The fourth-order valence-corrected chi connectivity index (χ4v) is 0. The summed E-state index contributed by atoms with van der Waals surface area (Å²) in [6, 6.07) is 0. The molecule has 0 rings (SSSR count). The van der Waals surface area contributed by atoms with E-state index in [1.165, 1.54) is 0 Å². The zero-order valence-electron chi connectivity index (χ0n) is 1.98. The van der Waals surface area contributed by atoms with Crippen LogP contribution in [-0.2, 0) is 16.5 Å². The van der Waals surface area contributed by atoms with E-state index in [0.29, 0.717) is 0 Å². The first-order chi connectivity index (χ1) is 1.41. The Morgan fingerprint density at radius 1 is 1.75 bits per heavy atom. The zero-order chi connectivity index (χ0) is 2.71. The number of hydrogen-bond donors (Lipinski definition) is 0. The molecule has 0 spiro atoms. The molecule has 0 atom stereocenters. The Bertz CT molecular complexity index is 13.5. The van der Waals surface area contributed by atoms with Gasteiger partial charge in [0, 0.05) is 16.5 Å². The first-order valence-electron chi connectivity index (χ1n) is 0.626. The topological polar surface area (TPSA) is 0 Å². The molecule has 0 aromatic carbocycles. The average Bonchev–Trinajstić information content (AvgIpc) is 0.918. The predicted octanol–water partition coefficient (Wildman–Crippen LogP) is 1.10. The van der Waals surface area contributed by atoms with Crippen molar-refractivity contribution in [1.29, 1.82) is 0 Å². The minimum atomic E-state index is 0. The number of halogens is 1. The van der Waals surface area contributed by atoms with Gasteiger partial charge in [0.05, 0.1) is 6.33 Å². The van der Waals surface area contributed by atoms with Crippen LogP contribution in [0.4, 0.5) is 4.39 Å². The van der Waals surface area contributed by atoms with Crippen LogP contribution >= 0.6 is 0 Å². The maximum absolute atomic E-state index is 10.1. The SMILES string of the molecule is C=CF.[Ni]. The van der Waals surface area contributed by atoms with E-state index in [4.69, 9.17) is 0 Å². The second kappa shape index (κ2) is 10.9. The molecule has 0 aliphatic carbocycles.